The maximum absolute atomic E-state index is 5.89. The van der Waals surface area contributed by atoms with Gasteiger partial charge in [0, 0.05) is 11.1 Å². The Balaban J connectivity index is 2.06. The minimum Gasteiger partial charge on any atom is -0.441 e. The minimum atomic E-state index is 0.346. The van der Waals surface area contributed by atoms with Crippen LogP contribution < -0.4 is 0 Å². The van der Waals surface area contributed by atoms with Gasteiger partial charge in [-0.1, -0.05) is 0 Å². The molecule has 0 aliphatic carbocycles. The van der Waals surface area contributed by atoms with E-state index >= 15 is 0 Å². The fraction of sp³-hybridized carbons (Fsp3) is 0.0667. The molecule has 6 heteroatoms. The second-order valence-corrected chi connectivity index (χ2v) is 6.24. The number of rotatable bonds is 2. The summed E-state index contributed by atoms with van der Waals surface area (Å²) in [5.74, 6) is 1.33. The molecule has 0 N–H and O–H groups in total. The maximum atomic E-state index is 5.89. The Morgan fingerprint density at radius 3 is 2.81 bits per heavy atom. The molecule has 0 aliphatic rings. The van der Waals surface area contributed by atoms with Gasteiger partial charge in [-0.3, -0.25) is 4.57 Å². The minimum absolute atomic E-state index is 0.346. The zero-order valence-electron chi connectivity index (χ0n) is 11.1. The van der Waals surface area contributed by atoms with Gasteiger partial charge < -0.3 is 4.42 Å². The molecule has 104 valence electrons. The van der Waals surface area contributed by atoms with Crippen LogP contribution in [0.4, 0.5) is 0 Å². The molecule has 0 fully saturated rings. The van der Waals surface area contributed by atoms with E-state index < -0.39 is 0 Å². The van der Waals surface area contributed by atoms with E-state index in [-0.39, 0.29) is 0 Å². The number of aromatic nitrogens is 3. The molecule has 4 heterocycles. The number of aryl methyl sites for hydroxylation is 1. The van der Waals surface area contributed by atoms with Crippen LogP contribution >= 0.6 is 22.9 Å². The number of hydrogen-bond acceptors (Lipinski definition) is 4. The van der Waals surface area contributed by atoms with Crippen LogP contribution in [-0.4, -0.2) is 14.5 Å². The molecule has 0 aliphatic heterocycles. The average molecular weight is 316 g/mol. The highest BCUT2D eigenvalue weighted by Crippen LogP contribution is 2.32. The van der Waals surface area contributed by atoms with Crippen LogP contribution in [-0.2, 0) is 0 Å². The molecule has 0 unspecified atom stereocenters. The van der Waals surface area contributed by atoms with Gasteiger partial charge in [-0.2, -0.15) is 0 Å². The van der Waals surface area contributed by atoms with E-state index in [0.29, 0.717) is 16.8 Å². The van der Waals surface area contributed by atoms with E-state index in [2.05, 4.69) is 29.0 Å². The molecule has 0 bridgehead atoms. The molecule has 0 spiro atoms. The molecular formula is C15H10ClN3OS. The predicted octanol–water partition coefficient (Wildman–Crippen LogP) is 4.70. The lowest BCUT2D eigenvalue weighted by Crippen LogP contribution is -1.95. The summed E-state index contributed by atoms with van der Waals surface area (Å²) in [4.78, 5) is 10.3. The van der Waals surface area contributed by atoms with Gasteiger partial charge in [-0.15, -0.1) is 11.3 Å². The van der Waals surface area contributed by atoms with Gasteiger partial charge in [0.25, 0.3) is 0 Å². The molecule has 0 atom stereocenters. The number of thiophene rings is 1. The number of imidazole rings is 1. The molecule has 0 radical (unpaired) electrons. The van der Waals surface area contributed by atoms with E-state index in [1.807, 2.05) is 22.8 Å². The van der Waals surface area contributed by atoms with Gasteiger partial charge in [0.15, 0.2) is 22.5 Å². The lowest BCUT2D eigenvalue weighted by Gasteiger charge is -2.03. The third kappa shape index (κ3) is 2.05. The largest absolute Gasteiger partial charge is 0.441 e. The lowest BCUT2D eigenvalue weighted by atomic mass is 10.4. The monoisotopic (exact) mass is 315 g/mol. The van der Waals surface area contributed by atoms with Crippen LogP contribution in [0.3, 0.4) is 0 Å². The highest BCUT2D eigenvalue weighted by Gasteiger charge is 2.18. The highest BCUT2D eigenvalue weighted by molar-refractivity contribution is 7.14. The number of halogens is 1. The summed E-state index contributed by atoms with van der Waals surface area (Å²) in [6, 6.07) is 11.5. The van der Waals surface area contributed by atoms with Crippen molar-refractivity contribution in [2.45, 2.75) is 6.92 Å². The molecule has 4 nitrogen and oxygen atoms in total. The quantitative estimate of drug-likeness (QED) is 0.538. The SMILES string of the molecule is Cc1ccc(-n2c(-c3ccc(Cl)o3)nc3cccnc32)s1. The van der Waals surface area contributed by atoms with E-state index in [1.165, 1.54) is 4.88 Å². The Kier molecular flexibility index (Phi) is 2.83. The Labute approximate surface area is 129 Å². The Hall–Kier alpha value is -2.11. The first kappa shape index (κ1) is 12.6. The fourth-order valence-corrected chi connectivity index (χ4v) is 3.28. The first-order chi connectivity index (χ1) is 10.2. The van der Waals surface area contributed by atoms with Crippen molar-refractivity contribution < 1.29 is 4.42 Å². The van der Waals surface area contributed by atoms with E-state index in [4.69, 9.17) is 16.0 Å². The van der Waals surface area contributed by atoms with Crippen molar-refractivity contribution in [1.29, 1.82) is 0 Å². The van der Waals surface area contributed by atoms with Crippen molar-refractivity contribution >= 4 is 34.1 Å². The Morgan fingerprint density at radius 1 is 1.19 bits per heavy atom. The number of furan rings is 1. The number of pyridine rings is 1. The molecule has 0 saturated carbocycles. The van der Waals surface area contributed by atoms with Crippen molar-refractivity contribution in [1.82, 2.24) is 14.5 Å². The summed E-state index contributed by atoms with van der Waals surface area (Å²) in [5, 5.41) is 1.40. The van der Waals surface area contributed by atoms with Crippen LogP contribution in [0.25, 0.3) is 27.7 Å². The van der Waals surface area contributed by atoms with Crippen LogP contribution in [0.5, 0.6) is 0 Å². The van der Waals surface area contributed by atoms with Gasteiger partial charge in [0.1, 0.15) is 10.5 Å². The number of fused-ring (bicyclic) bond motifs is 1. The second-order valence-electron chi connectivity index (χ2n) is 4.60. The maximum Gasteiger partial charge on any atom is 0.194 e. The van der Waals surface area contributed by atoms with Crippen molar-refractivity contribution in [2.24, 2.45) is 0 Å². The molecule has 0 saturated heterocycles. The van der Waals surface area contributed by atoms with E-state index in [1.54, 1.807) is 23.6 Å². The molecule has 0 aromatic carbocycles. The predicted molar refractivity (Wildman–Crippen MR) is 84.2 cm³/mol. The lowest BCUT2D eigenvalue weighted by molar-refractivity contribution is 0.578. The second kappa shape index (κ2) is 4.72. The molecular weight excluding hydrogens is 306 g/mol. The van der Waals surface area contributed by atoms with Crippen LogP contribution in [0.2, 0.25) is 5.22 Å². The summed E-state index contributed by atoms with van der Waals surface area (Å²) in [7, 11) is 0. The smallest absolute Gasteiger partial charge is 0.194 e. The van der Waals surface area contributed by atoms with Crippen LogP contribution in [0.1, 0.15) is 4.88 Å². The molecule has 4 rings (SSSR count). The topological polar surface area (TPSA) is 43.9 Å². The summed E-state index contributed by atoms with van der Waals surface area (Å²) in [5.41, 5.74) is 1.63. The molecule has 21 heavy (non-hydrogen) atoms. The normalized spacial score (nSPS) is 11.3. The van der Waals surface area contributed by atoms with Crippen LogP contribution in [0.15, 0.2) is 47.0 Å². The van der Waals surface area contributed by atoms with Crippen molar-refractivity contribution in [3.63, 3.8) is 0 Å². The Morgan fingerprint density at radius 2 is 2.10 bits per heavy atom. The number of nitrogens with zero attached hydrogens (tertiary/aromatic N) is 3. The third-order valence-corrected chi connectivity index (χ3v) is 4.35. The molecule has 4 aromatic rings. The van der Waals surface area contributed by atoms with Gasteiger partial charge in [-0.25, -0.2) is 9.97 Å². The van der Waals surface area contributed by atoms with Gasteiger partial charge in [0.05, 0.1) is 0 Å². The zero-order chi connectivity index (χ0) is 14.4. The fourth-order valence-electron chi connectivity index (χ4n) is 2.26. The summed E-state index contributed by atoms with van der Waals surface area (Å²) < 4.78 is 7.53. The number of hydrogen-bond donors (Lipinski definition) is 0. The van der Waals surface area contributed by atoms with Crippen molar-refractivity contribution in [2.75, 3.05) is 0 Å². The van der Waals surface area contributed by atoms with E-state index in [9.17, 15) is 0 Å². The first-order valence-electron chi connectivity index (χ1n) is 6.38. The molecule has 4 aromatic heterocycles. The molecule has 0 amide bonds. The van der Waals surface area contributed by atoms with Gasteiger partial charge in [0.2, 0.25) is 0 Å². The average Bonchev–Trinajstić information content (AvgIpc) is 3.16. The third-order valence-electron chi connectivity index (χ3n) is 3.16. The standard InChI is InChI=1S/C15H10ClN3OS/c1-9-4-7-13(21-9)19-14-10(3-2-8-17-14)18-15(19)11-5-6-12(16)20-11/h2-8H,1H3. The van der Waals surface area contributed by atoms with E-state index in [0.717, 1.165) is 16.2 Å². The summed E-state index contributed by atoms with van der Waals surface area (Å²) in [6.45, 7) is 2.07. The van der Waals surface area contributed by atoms with Crippen molar-refractivity contribution in [3.8, 4) is 16.6 Å². The summed E-state index contributed by atoms with van der Waals surface area (Å²) >= 11 is 7.58. The first-order valence-corrected chi connectivity index (χ1v) is 7.58. The van der Waals surface area contributed by atoms with Crippen molar-refractivity contribution in [3.05, 3.63) is 52.7 Å². The van der Waals surface area contributed by atoms with Crippen LogP contribution in [0, 0.1) is 6.92 Å². The van der Waals surface area contributed by atoms with Gasteiger partial charge >= 0.3 is 0 Å². The summed E-state index contributed by atoms with van der Waals surface area (Å²) in [6.07, 6.45) is 1.76. The zero-order valence-corrected chi connectivity index (χ0v) is 12.6. The Bertz CT molecular complexity index is 937. The van der Waals surface area contributed by atoms with Gasteiger partial charge in [-0.05, 0) is 54.9 Å². The highest BCUT2D eigenvalue weighted by atomic mass is 35.5.